The zero-order chi connectivity index (χ0) is 16.6. The van der Waals surface area contributed by atoms with Gasteiger partial charge in [0.25, 0.3) is 5.91 Å². The highest BCUT2D eigenvalue weighted by Gasteiger charge is 2.45. The summed E-state index contributed by atoms with van der Waals surface area (Å²) in [5, 5.41) is 3.15. The highest BCUT2D eigenvalue weighted by molar-refractivity contribution is 9.10. The van der Waals surface area contributed by atoms with Gasteiger partial charge in [-0.1, -0.05) is 34.1 Å². The van der Waals surface area contributed by atoms with E-state index in [1.54, 1.807) is 0 Å². The zero-order valence-corrected chi connectivity index (χ0v) is 15.1. The number of ether oxygens (including phenoxy) is 1. The van der Waals surface area contributed by atoms with Crippen LogP contribution < -0.4 is 10.1 Å². The van der Waals surface area contributed by atoms with Gasteiger partial charge in [0.2, 0.25) is 0 Å². The summed E-state index contributed by atoms with van der Waals surface area (Å²) >= 11 is 3.45. The Morgan fingerprint density at radius 2 is 1.83 bits per heavy atom. The van der Waals surface area contributed by atoms with Crippen molar-refractivity contribution in [2.24, 2.45) is 0 Å². The summed E-state index contributed by atoms with van der Waals surface area (Å²) in [6.07, 6.45) is 5.46. The largest absolute Gasteiger partial charge is 0.484 e. The first kappa shape index (κ1) is 15.7. The van der Waals surface area contributed by atoms with Crippen molar-refractivity contribution in [1.29, 1.82) is 0 Å². The van der Waals surface area contributed by atoms with Crippen molar-refractivity contribution in [3.63, 3.8) is 0 Å². The average Bonchev–Trinajstić information content (AvgIpc) is 3.20. The maximum absolute atomic E-state index is 12.3. The maximum atomic E-state index is 12.3. The van der Waals surface area contributed by atoms with Gasteiger partial charge in [0, 0.05) is 4.47 Å². The third-order valence-corrected chi connectivity index (χ3v) is 5.49. The first-order valence-electron chi connectivity index (χ1n) is 8.46. The number of hydrogen-bond donors (Lipinski definition) is 1. The Morgan fingerprint density at radius 1 is 1.08 bits per heavy atom. The topological polar surface area (TPSA) is 38.3 Å². The Labute approximate surface area is 150 Å². The van der Waals surface area contributed by atoms with E-state index >= 15 is 0 Å². The van der Waals surface area contributed by atoms with Crippen LogP contribution in [0.2, 0.25) is 0 Å². The molecule has 0 radical (unpaired) electrons. The summed E-state index contributed by atoms with van der Waals surface area (Å²) in [5.74, 6) is 0.732. The van der Waals surface area contributed by atoms with Gasteiger partial charge in [0.05, 0.1) is 5.54 Å². The number of carbonyl (C=O) groups is 1. The number of amides is 1. The highest BCUT2D eigenvalue weighted by Crippen LogP contribution is 2.45. The lowest BCUT2D eigenvalue weighted by Crippen LogP contribution is -2.38. The number of rotatable bonds is 5. The molecule has 0 saturated heterocycles. The van der Waals surface area contributed by atoms with Crippen LogP contribution in [0.3, 0.4) is 0 Å². The number of hydrogen-bond acceptors (Lipinski definition) is 2. The summed E-state index contributed by atoms with van der Waals surface area (Å²) in [6, 6.07) is 14.3. The van der Waals surface area contributed by atoms with Crippen LogP contribution in [0.15, 0.2) is 46.9 Å². The quantitative estimate of drug-likeness (QED) is 0.840. The molecule has 0 aromatic heterocycles. The van der Waals surface area contributed by atoms with Crippen molar-refractivity contribution in [1.82, 2.24) is 5.32 Å². The third kappa shape index (κ3) is 3.20. The van der Waals surface area contributed by atoms with Crippen molar-refractivity contribution in [3.05, 3.63) is 63.6 Å². The van der Waals surface area contributed by atoms with Crippen LogP contribution in [-0.4, -0.2) is 12.5 Å². The molecule has 0 unspecified atom stereocenters. The van der Waals surface area contributed by atoms with Gasteiger partial charge in [0.1, 0.15) is 5.75 Å². The lowest BCUT2D eigenvalue weighted by Gasteiger charge is -2.18. The van der Waals surface area contributed by atoms with E-state index in [0.717, 1.165) is 41.5 Å². The molecule has 1 saturated carbocycles. The molecule has 0 spiro atoms. The normalized spacial score (nSPS) is 17.2. The van der Waals surface area contributed by atoms with Crippen molar-refractivity contribution in [3.8, 4) is 5.75 Å². The number of carbonyl (C=O) groups excluding carboxylic acids is 1. The van der Waals surface area contributed by atoms with E-state index in [1.807, 2.05) is 18.2 Å². The fourth-order valence-electron chi connectivity index (χ4n) is 3.47. The SMILES string of the molecule is O=C(COc1ccc2c(c1)CCC2)NC1(c2ccc(Br)cc2)CC1. The first-order chi connectivity index (χ1) is 11.6. The van der Waals surface area contributed by atoms with Crippen LogP contribution >= 0.6 is 15.9 Å². The molecule has 3 nitrogen and oxygen atoms in total. The first-order valence-corrected chi connectivity index (χ1v) is 9.26. The van der Waals surface area contributed by atoms with Crippen LogP contribution in [0, 0.1) is 0 Å². The molecule has 0 aliphatic heterocycles. The van der Waals surface area contributed by atoms with Gasteiger partial charge in [0.15, 0.2) is 6.61 Å². The molecule has 4 heteroatoms. The third-order valence-electron chi connectivity index (χ3n) is 4.97. The Kier molecular flexibility index (Phi) is 4.09. The Hall–Kier alpha value is -1.81. The van der Waals surface area contributed by atoms with Gasteiger partial charge in [-0.2, -0.15) is 0 Å². The van der Waals surface area contributed by atoms with Crippen LogP contribution in [0.25, 0.3) is 0 Å². The standard InChI is InChI=1S/C20H20BrNO2/c21-17-7-5-16(6-8-17)20(10-11-20)22-19(23)13-24-18-9-4-14-2-1-3-15(14)12-18/h4-9,12H,1-3,10-11,13H2,(H,22,23). The summed E-state index contributed by atoms with van der Waals surface area (Å²) in [7, 11) is 0. The van der Waals surface area contributed by atoms with Gasteiger partial charge in [-0.15, -0.1) is 0 Å². The summed E-state index contributed by atoms with van der Waals surface area (Å²) in [5.41, 5.74) is 3.75. The number of fused-ring (bicyclic) bond motifs is 1. The molecular weight excluding hydrogens is 366 g/mol. The average molecular weight is 386 g/mol. The molecule has 2 aliphatic carbocycles. The monoisotopic (exact) mass is 385 g/mol. The van der Waals surface area contributed by atoms with Gasteiger partial charge in [-0.05, 0) is 73.1 Å². The number of benzene rings is 2. The molecule has 0 heterocycles. The molecule has 124 valence electrons. The van der Waals surface area contributed by atoms with E-state index in [4.69, 9.17) is 4.74 Å². The van der Waals surface area contributed by atoms with Crippen LogP contribution in [0.4, 0.5) is 0 Å². The second kappa shape index (κ2) is 6.25. The molecule has 1 amide bonds. The molecule has 0 bridgehead atoms. The predicted octanol–water partition coefficient (Wildman–Crippen LogP) is 4.12. The maximum Gasteiger partial charge on any atom is 0.258 e. The second-order valence-corrected chi connectivity index (χ2v) is 7.63. The van der Waals surface area contributed by atoms with Crippen LogP contribution in [0.1, 0.15) is 36.0 Å². The Bertz CT molecular complexity index is 766. The summed E-state index contributed by atoms with van der Waals surface area (Å²) in [6.45, 7) is 0.0665. The van der Waals surface area contributed by atoms with Crippen molar-refractivity contribution in [2.75, 3.05) is 6.61 Å². The fraction of sp³-hybridized carbons (Fsp3) is 0.350. The van der Waals surface area contributed by atoms with E-state index in [9.17, 15) is 4.79 Å². The van der Waals surface area contributed by atoms with E-state index in [-0.39, 0.29) is 18.1 Å². The van der Waals surface area contributed by atoms with Crippen molar-refractivity contribution >= 4 is 21.8 Å². The minimum Gasteiger partial charge on any atom is -0.484 e. The molecular formula is C20H20BrNO2. The number of halogens is 1. The molecule has 1 fully saturated rings. The van der Waals surface area contributed by atoms with E-state index < -0.39 is 0 Å². The Balaban J connectivity index is 1.36. The molecule has 0 atom stereocenters. The number of aryl methyl sites for hydroxylation is 2. The minimum atomic E-state index is -0.195. The van der Waals surface area contributed by atoms with Crippen molar-refractivity contribution < 1.29 is 9.53 Å². The zero-order valence-electron chi connectivity index (χ0n) is 13.5. The lowest BCUT2D eigenvalue weighted by molar-refractivity contribution is -0.124. The van der Waals surface area contributed by atoms with Gasteiger partial charge in [-0.25, -0.2) is 0 Å². The molecule has 24 heavy (non-hydrogen) atoms. The van der Waals surface area contributed by atoms with Crippen molar-refractivity contribution in [2.45, 2.75) is 37.6 Å². The second-order valence-electron chi connectivity index (χ2n) is 6.71. The molecule has 2 aliphatic rings. The highest BCUT2D eigenvalue weighted by atomic mass is 79.9. The summed E-state index contributed by atoms with van der Waals surface area (Å²) < 4.78 is 6.75. The smallest absolute Gasteiger partial charge is 0.258 e. The molecule has 2 aromatic carbocycles. The lowest BCUT2D eigenvalue weighted by atomic mass is 10.1. The van der Waals surface area contributed by atoms with Gasteiger partial charge < -0.3 is 10.1 Å². The van der Waals surface area contributed by atoms with Crippen LogP contribution in [-0.2, 0) is 23.2 Å². The molecule has 1 N–H and O–H groups in total. The van der Waals surface area contributed by atoms with E-state index in [0.29, 0.717) is 0 Å². The molecule has 4 rings (SSSR count). The van der Waals surface area contributed by atoms with E-state index in [2.05, 4.69) is 45.5 Å². The number of nitrogens with one attached hydrogen (secondary N) is 1. The molecule has 2 aromatic rings. The Morgan fingerprint density at radius 3 is 2.58 bits per heavy atom. The van der Waals surface area contributed by atoms with Gasteiger partial charge in [-0.3, -0.25) is 4.79 Å². The van der Waals surface area contributed by atoms with Gasteiger partial charge >= 0.3 is 0 Å². The van der Waals surface area contributed by atoms with E-state index in [1.165, 1.54) is 17.5 Å². The summed E-state index contributed by atoms with van der Waals surface area (Å²) in [4.78, 5) is 12.3. The predicted molar refractivity (Wildman–Crippen MR) is 97.2 cm³/mol. The van der Waals surface area contributed by atoms with Crippen LogP contribution in [0.5, 0.6) is 5.75 Å². The minimum absolute atomic E-state index is 0.0593. The fourth-order valence-corrected chi connectivity index (χ4v) is 3.73.